The minimum atomic E-state index is -2.75. The summed E-state index contributed by atoms with van der Waals surface area (Å²) in [5.74, 6) is -2.42. The summed E-state index contributed by atoms with van der Waals surface area (Å²) < 4.78 is 25.6. The first kappa shape index (κ1) is 15.9. The lowest BCUT2D eigenvalue weighted by Crippen LogP contribution is -2.38. The number of hydrogen-bond donors (Lipinski definition) is 0. The molecule has 0 bridgehead atoms. The zero-order valence-electron chi connectivity index (χ0n) is 12.7. The number of carbonyl (C=O) groups is 1. The van der Waals surface area contributed by atoms with E-state index in [0.29, 0.717) is 19.0 Å². The summed E-state index contributed by atoms with van der Waals surface area (Å²) in [6.45, 7) is 4.29. The van der Waals surface area contributed by atoms with Crippen molar-refractivity contribution >= 4 is 5.91 Å². The standard InChI is InChI=1S/C17H23F2NO/c1-13-4-3-5-15(12-13)14-7-10-20(11-8-14)16(21)6-9-17(2,18)19/h3-5,12,14H,6-11H2,1-2H3. The van der Waals surface area contributed by atoms with Crippen molar-refractivity contribution in [3.63, 3.8) is 0 Å². The molecule has 1 aromatic carbocycles. The van der Waals surface area contributed by atoms with E-state index < -0.39 is 5.92 Å². The molecule has 0 atom stereocenters. The molecule has 0 radical (unpaired) electrons. The van der Waals surface area contributed by atoms with Crippen molar-refractivity contribution in [1.82, 2.24) is 4.90 Å². The van der Waals surface area contributed by atoms with E-state index in [1.807, 2.05) is 0 Å². The van der Waals surface area contributed by atoms with Crippen LogP contribution >= 0.6 is 0 Å². The maximum absolute atomic E-state index is 12.8. The number of carbonyl (C=O) groups excluding carboxylic acids is 1. The SMILES string of the molecule is Cc1cccc(C2CCN(C(=O)CCC(C)(F)F)CC2)c1. The second-order valence-corrected chi connectivity index (χ2v) is 6.14. The summed E-state index contributed by atoms with van der Waals surface area (Å²) in [6.07, 6.45) is 1.41. The molecule has 1 heterocycles. The summed E-state index contributed by atoms with van der Waals surface area (Å²) >= 11 is 0. The van der Waals surface area contributed by atoms with Crippen LogP contribution in [0.2, 0.25) is 0 Å². The summed E-state index contributed by atoms with van der Waals surface area (Å²) in [7, 11) is 0. The first-order chi connectivity index (χ1) is 9.85. The minimum Gasteiger partial charge on any atom is -0.343 e. The monoisotopic (exact) mass is 295 g/mol. The van der Waals surface area contributed by atoms with Gasteiger partial charge in [-0.3, -0.25) is 4.79 Å². The molecule has 0 N–H and O–H groups in total. The van der Waals surface area contributed by atoms with Crippen LogP contribution < -0.4 is 0 Å². The highest BCUT2D eigenvalue weighted by Gasteiger charge is 2.27. The number of benzene rings is 1. The Morgan fingerprint density at radius 2 is 2.00 bits per heavy atom. The molecule has 1 saturated heterocycles. The van der Waals surface area contributed by atoms with E-state index in [9.17, 15) is 13.6 Å². The van der Waals surface area contributed by atoms with Gasteiger partial charge in [-0.2, -0.15) is 0 Å². The van der Waals surface area contributed by atoms with Crippen molar-refractivity contribution in [3.8, 4) is 0 Å². The van der Waals surface area contributed by atoms with Gasteiger partial charge in [0.15, 0.2) is 0 Å². The van der Waals surface area contributed by atoms with Crippen molar-refractivity contribution in [2.24, 2.45) is 0 Å². The highest BCUT2D eigenvalue weighted by molar-refractivity contribution is 5.76. The van der Waals surface area contributed by atoms with E-state index in [4.69, 9.17) is 0 Å². The van der Waals surface area contributed by atoms with Crippen LogP contribution in [0, 0.1) is 6.92 Å². The van der Waals surface area contributed by atoms with Gasteiger partial charge in [-0.25, -0.2) is 8.78 Å². The molecule has 0 aliphatic carbocycles. The van der Waals surface area contributed by atoms with Crippen molar-refractivity contribution in [1.29, 1.82) is 0 Å². The number of hydrogen-bond acceptors (Lipinski definition) is 1. The summed E-state index contributed by atoms with van der Waals surface area (Å²) in [6, 6.07) is 8.46. The lowest BCUT2D eigenvalue weighted by atomic mass is 9.88. The van der Waals surface area contributed by atoms with Crippen LogP contribution in [0.15, 0.2) is 24.3 Å². The Morgan fingerprint density at radius 1 is 1.33 bits per heavy atom. The van der Waals surface area contributed by atoms with Gasteiger partial charge in [0.2, 0.25) is 11.8 Å². The lowest BCUT2D eigenvalue weighted by Gasteiger charge is -2.32. The fraction of sp³-hybridized carbons (Fsp3) is 0.588. The second kappa shape index (κ2) is 6.54. The molecule has 1 aromatic rings. The zero-order chi connectivity index (χ0) is 15.5. The van der Waals surface area contributed by atoms with E-state index in [1.165, 1.54) is 11.1 Å². The molecule has 0 aromatic heterocycles. The summed E-state index contributed by atoms with van der Waals surface area (Å²) in [5.41, 5.74) is 2.57. The predicted molar refractivity (Wildman–Crippen MR) is 79.6 cm³/mol. The van der Waals surface area contributed by atoms with Crippen LogP contribution in [0.1, 0.15) is 49.7 Å². The molecule has 116 valence electrons. The highest BCUT2D eigenvalue weighted by atomic mass is 19.3. The quantitative estimate of drug-likeness (QED) is 0.817. The van der Waals surface area contributed by atoms with Gasteiger partial charge in [0.1, 0.15) is 0 Å². The average molecular weight is 295 g/mol. The fourth-order valence-electron chi connectivity index (χ4n) is 2.87. The number of likely N-dealkylation sites (tertiary alicyclic amines) is 1. The van der Waals surface area contributed by atoms with Gasteiger partial charge in [-0.05, 0) is 38.2 Å². The van der Waals surface area contributed by atoms with Crippen LogP contribution in [-0.2, 0) is 4.79 Å². The number of aryl methyl sites for hydroxylation is 1. The summed E-state index contributed by atoms with van der Waals surface area (Å²) in [5, 5.41) is 0. The Bertz CT molecular complexity index is 488. The first-order valence-electron chi connectivity index (χ1n) is 7.57. The van der Waals surface area contributed by atoms with E-state index >= 15 is 0 Å². The number of piperidine rings is 1. The molecule has 1 fully saturated rings. The van der Waals surface area contributed by atoms with Crippen molar-refractivity contribution in [2.45, 2.75) is 51.4 Å². The van der Waals surface area contributed by atoms with E-state index in [1.54, 1.807) is 4.90 Å². The van der Waals surface area contributed by atoms with E-state index in [2.05, 4.69) is 31.2 Å². The van der Waals surface area contributed by atoms with Crippen molar-refractivity contribution in [2.75, 3.05) is 13.1 Å². The Labute approximate surface area is 125 Å². The maximum Gasteiger partial charge on any atom is 0.245 e. The van der Waals surface area contributed by atoms with Gasteiger partial charge in [-0.15, -0.1) is 0 Å². The van der Waals surface area contributed by atoms with E-state index in [-0.39, 0.29) is 18.7 Å². The molecular formula is C17H23F2NO. The molecule has 2 nitrogen and oxygen atoms in total. The zero-order valence-corrected chi connectivity index (χ0v) is 12.7. The van der Waals surface area contributed by atoms with Gasteiger partial charge in [0, 0.05) is 25.9 Å². The third-order valence-electron chi connectivity index (χ3n) is 4.14. The van der Waals surface area contributed by atoms with Crippen LogP contribution in [0.4, 0.5) is 8.78 Å². The van der Waals surface area contributed by atoms with Crippen LogP contribution in [0.25, 0.3) is 0 Å². The van der Waals surface area contributed by atoms with Crippen molar-refractivity contribution < 1.29 is 13.6 Å². The Hall–Kier alpha value is -1.45. The molecule has 1 aliphatic rings. The van der Waals surface area contributed by atoms with Gasteiger partial charge in [0.05, 0.1) is 0 Å². The Balaban J connectivity index is 1.84. The molecule has 0 spiro atoms. The number of alkyl halides is 2. The van der Waals surface area contributed by atoms with Gasteiger partial charge in [-0.1, -0.05) is 29.8 Å². The number of halogens is 2. The van der Waals surface area contributed by atoms with Gasteiger partial charge in [0.25, 0.3) is 0 Å². The van der Waals surface area contributed by atoms with Crippen LogP contribution in [0.3, 0.4) is 0 Å². The number of rotatable bonds is 4. The smallest absolute Gasteiger partial charge is 0.245 e. The van der Waals surface area contributed by atoms with Crippen LogP contribution in [-0.4, -0.2) is 29.8 Å². The van der Waals surface area contributed by atoms with E-state index in [0.717, 1.165) is 19.8 Å². The Kier molecular flexibility index (Phi) is 4.96. The predicted octanol–water partition coefficient (Wildman–Crippen LogP) is 4.14. The number of amides is 1. The van der Waals surface area contributed by atoms with Gasteiger partial charge < -0.3 is 4.90 Å². The third kappa shape index (κ3) is 4.80. The topological polar surface area (TPSA) is 20.3 Å². The molecule has 2 rings (SSSR count). The summed E-state index contributed by atoms with van der Waals surface area (Å²) in [4.78, 5) is 13.7. The third-order valence-corrected chi connectivity index (χ3v) is 4.14. The molecule has 0 saturated carbocycles. The normalized spacial score (nSPS) is 17.0. The molecule has 1 amide bonds. The van der Waals surface area contributed by atoms with Crippen molar-refractivity contribution in [3.05, 3.63) is 35.4 Å². The minimum absolute atomic E-state index is 0.0569. The average Bonchev–Trinajstić information content (AvgIpc) is 2.44. The highest BCUT2D eigenvalue weighted by Crippen LogP contribution is 2.29. The molecular weight excluding hydrogens is 272 g/mol. The number of nitrogens with zero attached hydrogens (tertiary/aromatic N) is 1. The fourth-order valence-corrected chi connectivity index (χ4v) is 2.87. The maximum atomic E-state index is 12.8. The lowest BCUT2D eigenvalue weighted by molar-refractivity contribution is -0.134. The van der Waals surface area contributed by atoms with Crippen LogP contribution in [0.5, 0.6) is 0 Å². The largest absolute Gasteiger partial charge is 0.343 e. The molecule has 21 heavy (non-hydrogen) atoms. The molecule has 0 unspecified atom stereocenters. The molecule has 4 heteroatoms. The first-order valence-corrected chi connectivity index (χ1v) is 7.57. The second-order valence-electron chi connectivity index (χ2n) is 6.14. The molecule has 1 aliphatic heterocycles. The Morgan fingerprint density at radius 3 is 2.57 bits per heavy atom. The van der Waals surface area contributed by atoms with Gasteiger partial charge >= 0.3 is 0 Å².